The van der Waals surface area contributed by atoms with Crippen LogP contribution in [0.3, 0.4) is 0 Å². The molecule has 0 aliphatic rings. The van der Waals surface area contributed by atoms with Gasteiger partial charge >= 0.3 is 0 Å². The minimum atomic E-state index is 0.920. The lowest BCUT2D eigenvalue weighted by Crippen LogP contribution is -1.88. The topological polar surface area (TPSA) is 13.1 Å². The van der Waals surface area contributed by atoms with Crippen LogP contribution >= 0.6 is 0 Å². The maximum Gasteiger partial charge on any atom is 0.136 e. The fourth-order valence-electron chi connectivity index (χ4n) is 6.70. The third-order valence-corrected chi connectivity index (χ3v) is 8.62. The summed E-state index contributed by atoms with van der Waals surface area (Å²) in [6, 6.07) is 52.7. The predicted molar refractivity (Wildman–Crippen MR) is 175 cm³/mol. The minimum Gasteiger partial charge on any atom is -0.456 e. The molecule has 0 fully saturated rings. The zero-order valence-corrected chi connectivity index (χ0v) is 22.3. The molecule has 0 atom stereocenters. The fourth-order valence-corrected chi connectivity index (χ4v) is 6.70. The largest absolute Gasteiger partial charge is 0.456 e. The van der Waals surface area contributed by atoms with Crippen LogP contribution in [0.25, 0.3) is 87.3 Å². The highest BCUT2D eigenvalue weighted by Crippen LogP contribution is 2.42. The first-order chi connectivity index (χ1) is 20.3. The summed E-state index contributed by atoms with van der Waals surface area (Å²) in [6.45, 7) is 0. The number of hydrogen-bond donors (Lipinski definition) is 0. The van der Waals surface area contributed by atoms with Crippen molar-refractivity contribution in [1.29, 1.82) is 0 Å². The molecule has 0 saturated heterocycles. The number of hydrogen-bond acceptors (Lipinski definition) is 1. The van der Waals surface area contributed by atoms with Crippen molar-refractivity contribution in [3.05, 3.63) is 146 Å². The van der Waals surface area contributed by atoms with E-state index in [0.717, 1.165) is 16.6 Å². The van der Waals surface area contributed by atoms with E-state index in [4.69, 9.17) is 4.42 Å². The number of fused-ring (bicyclic) bond motifs is 8. The number of rotatable bonds is 2. The Kier molecular flexibility index (Phi) is 4.67. The second kappa shape index (κ2) is 8.55. The minimum absolute atomic E-state index is 0.920. The highest BCUT2D eigenvalue weighted by molar-refractivity contribution is 6.20. The Balaban J connectivity index is 1.26. The van der Waals surface area contributed by atoms with Crippen LogP contribution in [0.1, 0.15) is 0 Å². The normalized spacial score (nSPS) is 11.9. The van der Waals surface area contributed by atoms with E-state index in [1.165, 1.54) is 70.7 Å². The molecule has 1 aromatic heterocycles. The average Bonchev–Trinajstić information content (AvgIpc) is 3.40. The Labute approximate surface area is 236 Å². The van der Waals surface area contributed by atoms with Gasteiger partial charge in [0.25, 0.3) is 0 Å². The molecular weight excluding hydrogens is 496 g/mol. The summed E-state index contributed by atoms with van der Waals surface area (Å²) in [7, 11) is 0. The number of benzene rings is 8. The Hall–Kier alpha value is -5.40. The molecule has 9 rings (SSSR count). The molecule has 41 heavy (non-hydrogen) atoms. The van der Waals surface area contributed by atoms with E-state index in [2.05, 4.69) is 146 Å². The Morgan fingerprint density at radius 3 is 1.83 bits per heavy atom. The lowest BCUT2D eigenvalue weighted by Gasteiger charge is -2.14. The molecule has 8 aromatic carbocycles. The first-order valence-corrected chi connectivity index (χ1v) is 14.1. The van der Waals surface area contributed by atoms with Gasteiger partial charge in [-0.25, -0.2) is 0 Å². The van der Waals surface area contributed by atoms with Gasteiger partial charge in [0.1, 0.15) is 11.2 Å². The van der Waals surface area contributed by atoms with Crippen molar-refractivity contribution in [3.8, 4) is 22.3 Å². The molecule has 1 nitrogen and oxygen atoms in total. The molecular formula is C40H24O. The molecule has 9 aromatic rings. The van der Waals surface area contributed by atoms with Crippen LogP contribution in [0.15, 0.2) is 150 Å². The van der Waals surface area contributed by atoms with Gasteiger partial charge in [0.2, 0.25) is 0 Å². The third-order valence-electron chi connectivity index (χ3n) is 8.62. The van der Waals surface area contributed by atoms with Crippen LogP contribution in [0.2, 0.25) is 0 Å². The van der Waals surface area contributed by atoms with Crippen molar-refractivity contribution in [3.63, 3.8) is 0 Å². The summed E-state index contributed by atoms with van der Waals surface area (Å²) in [5.41, 5.74) is 6.73. The summed E-state index contributed by atoms with van der Waals surface area (Å²) in [5.74, 6) is 0. The monoisotopic (exact) mass is 520 g/mol. The second-order valence-corrected chi connectivity index (χ2v) is 10.9. The van der Waals surface area contributed by atoms with Gasteiger partial charge in [-0.3, -0.25) is 0 Å². The van der Waals surface area contributed by atoms with Crippen LogP contribution in [-0.4, -0.2) is 0 Å². The zero-order chi connectivity index (χ0) is 26.9. The molecule has 0 bridgehead atoms. The van der Waals surface area contributed by atoms with Crippen molar-refractivity contribution in [2.45, 2.75) is 0 Å². The van der Waals surface area contributed by atoms with Gasteiger partial charge in [0.15, 0.2) is 0 Å². The average molecular weight is 521 g/mol. The van der Waals surface area contributed by atoms with Gasteiger partial charge in [-0.2, -0.15) is 0 Å². The van der Waals surface area contributed by atoms with Crippen LogP contribution in [0, 0.1) is 0 Å². The predicted octanol–water partition coefficient (Wildman–Crippen LogP) is 11.5. The van der Waals surface area contributed by atoms with E-state index in [1.54, 1.807) is 0 Å². The Bertz CT molecular complexity index is 2460. The molecule has 0 aliphatic carbocycles. The van der Waals surface area contributed by atoms with Gasteiger partial charge < -0.3 is 4.42 Å². The first-order valence-electron chi connectivity index (χ1n) is 14.1. The van der Waals surface area contributed by atoms with Crippen LogP contribution < -0.4 is 0 Å². The van der Waals surface area contributed by atoms with Crippen LogP contribution in [-0.2, 0) is 0 Å². The lowest BCUT2D eigenvalue weighted by atomic mass is 9.89. The summed E-state index contributed by atoms with van der Waals surface area (Å²) < 4.78 is 6.35. The van der Waals surface area contributed by atoms with E-state index in [9.17, 15) is 0 Å². The molecule has 0 saturated carbocycles. The molecule has 0 aliphatic heterocycles. The van der Waals surface area contributed by atoms with Crippen molar-refractivity contribution in [1.82, 2.24) is 0 Å². The molecule has 0 spiro atoms. The van der Waals surface area contributed by atoms with Crippen molar-refractivity contribution >= 4 is 65.0 Å². The molecule has 190 valence electrons. The smallest absolute Gasteiger partial charge is 0.136 e. The lowest BCUT2D eigenvalue weighted by molar-refractivity contribution is 0.669. The van der Waals surface area contributed by atoms with E-state index in [1.807, 2.05) is 0 Å². The van der Waals surface area contributed by atoms with Gasteiger partial charge in [-0.05, 0) is 89.6 Å². The fraction of sp³-hybridized carbons (Fsp3) is 0. The molecule has 1 heterocycles. The quantitative estimate of drug-likeness (QED) is 0.163. The van der Waals surface area contributed by atoms with Crippen LogP contribution in [0.4, 0.5) is 0 Å². The van der Waals surface area contributed by atoms with Gasteiger partial charge in [-0.15, -0.1) is 0 Å². The van der Waals surface area contributed by atoms with E-state index < -0.39 is 0 Å². The van der Waals surface area contributed by atoms with Gasteiger partial charge in [0, 0.05) is 10.8 Å². The van der Waals surface area contributed by atoms with E-state index in [-0.39, 0.29) is 0 Å². The second-order valence-electron chi connectivity index (χ2n) is 10.9. The van der Waals surface area contributed by atoms with Gasteiger partial charge in [-0.1, -0.05) is 121 Å². The highest BCUT2D eigenvalue weighted by atomic mass is 16.3. The zero-order valence-electron chi connectivity index (χ0n) is 22.3. The molecule has 0 unspecified atom stereocenters. The molecule has 1 heteroatoms. The van der Waals surface area contributed by atoms with Crippen molar-refractivity contribution in [2.75, 3.05) is 0 Å². The summed E-state index contributed by atoms with van der Waals surface area (Å²) in [5, 5.41) is 12.4. The first kappa shape index (κ1) is 22.4. The highest BCUT2D eigenvalue weighted by Gasteiger charge is 2.15. The maximum absolute atomic E-state index is 6.35. The molecule has 0 amide bonds. The summed E-state index contributed by atoms with van der Waals surface area (Å²) in [6.07, 6.45) is 0. The van der Waals surface area contributed by atoms with Crippen molar-refractivity contribution < 1.29 is 4.42 Å². The van der Waals surface area contributed by atoms with E-state index in [0.29, 0.717) is 0 Å². The van der Waals surface area contributed by atoms with E-state index >= 15 is 0 Å². The Morgan fingerprint density at radius 1 is 0.341 bits per heavy atom. The van der Waals surface area contributed by atoms with Gasteiger partial charge in [0.05, 0.1) is 0 Å². The third kappa shape index (κ3) is 3.36. The summed E-state index contributed by atoms with van der Waals surface area (Å²) >= 11 is 0. The standard InChI is InChI=1S/C40H24O/c1-2-10-29-24-38-36(22-28(29)9-1)40-32(14-7-15-37(40)41-38)26-16-18-27(19-17-26)39-33-13-6-4-11-30(33)23-35-31-12-5-3-8-25(31)20-21-34(35)39/h1-24H. The number of furan rings is 1. The SMILES string of the molecule is c1ccc2cc3c(cc2c1)oc1cccc(-c2ccc(-c4c5ccccc5cc5c4ccc4ccccc45)cc2)c13. The van der Waals surface area contributed by atoms with Crippen LogP contribution in [0.5, 0.6) is 0 Å². The Morgan fingerprint density at radius 2 is 1.00 bits per heavy atom. The maximum atomic E-state index is 6.35. The molecule has 0 N–H and O–H groups in total. The molecule has 0 radical (unpaired) electrons. The summed E-state index contributed by atoms with van der Waals surface area (Å²) in [4.78, 5) is 0. The van der Waals surface area contributed by atoms with Crippen molar-refractivity contribution in [2.24, 2.45) is 0 Å².